The number of hydrazine groups is 1. The standard InChI is InChI=1S/C50H60F4N8O7/c1-9-42(63)59-19-16-33(26-59)47(65)58(7)44(29(2)3)46(64)56-39-22-31-20-34(23-35(51)21-31)32-14-15-40-37(24-32)38(25-49(5,6)28-69-62(67)41-13-11-18-61(57-41)48(39)66)45(60(40)27-50(52,53)54)36-12-10-17-55-43(36)30(4)68-8/h9-10,12,14-15,17,20-21,23-24,29-30,33,39,41,44,57H,1,11,13,16,18-19,22,25-28H2,2-8H3/p+1/t30-,33-,39-,41+,44-/m0/s1. The fraction of sp³-hybridized carbons (Fsp3) is 0.500. The van der Waals surface area contributed by atoms with E-state index in [1.54, 1.807) is 63.4 Å². The fourth-order valence-corrected chi connectivity index (χ4v) is 9.88. The second kappa shape index (κ2) is 20.4. The van der Waals surface area contributed by atoms with E-state index in [9.17, 15) is 37.3 Å². The van der Waals surface area contributed by atoms with Crippen LogP contribution in [-0.4, -0.2) is 118 Å². The Morgan fingerprint density at radius 1 is 1.10 bits per heavy atom. The van der Waals surface area contributed by atoms with E-state index >= 15 is 4.39 Å². The summed E-state index contributed by atoms with van der Waals surface area (Å²) in [5.41, 5.74) is 5.09. The molecule has 0 saturated carbocycles. The maximum absolute atomic E-state index is 16.0. The van der Waals surface area contributed by atoms with Crippen molar-refractivity contribution in [1.82, 2.24) is 35.1 Å². The van der Waals surface area contributed by atoms with Gasteiger partial charge in [-0.05, 0) is 96.8 Å². The van der Waals surface area contributed by atoms with Crippen LogP contribution in [0.3, 0.4) is 0 Å². The molecule has 7 rings (SSSR count). The molecule has 0 unspecified atom stereocenters. The molecular weight excluding hydrogens is 901 g/mol. The Bertz CT molecular complexity index is 2630. The van der Waals surface area contributed by atoms with Crippen LogP contribution in [0.25, 0.3) is 33.3 Å². The molecule has 0 radical (unpaired) electrons. The first-order valence-electron chi connectivity index (χ1n) is 23.2. The molecule has 0 aliphatic carbocycles. The number of nitrogens with one attached hydrogen (secondary N) is 2. The van der Waals surface area contributed by atoms with Crippen LogP contribution in [0.1, 0.15) is 76.8 Å². The molecule has 0 spiro atoms. The Hall–Kier alpha value is -6.21. The Labute approximate surface area is 398 Å². The van der Waals surface area contributed by atoms with Gasteiger partial charge < -0.3 is 24.4 Å². The molecule has 15 nitrogen and oxygen atoms in total. The third kappa shape index (κ3) is 11.1. The van der Waals surface area contributed by atoms with E-state index < -0.39 is 72.0 Å². The Morgan fingerprint density at radius 2 is 1.86 bits per heavy atom. The van der Waals surface area contributed by atoms with E-state index in [0.29, 0.717) is 63.2 Å². The molecule has 5 atom stereocenters. The van der Waals surface area contributed by atoms with Gasteiger partial charge in [0.1, 0.15) is 24.4 Å². The van der Waals surface area contributed by atoms with Gasteiger partial charge in [-0.3, -0.25) is 29.2 Å². The topological polar surface area (TPSA) is 158 Å². The Kier molecular flexibility index (Phi) is 15.0. The largest absolute Gasteiger partial charge is 0.406 e. The minimum absolute atomic E-state index is 0.126. The zero-order valence-electron chi connectivity index (χ0n) is 40.1. The summed E-state index contributed by atoms with van der Waals surface area (Å²) in [5, 5.41) is 4.56. The molecular formula is C50H61F4N8O7+. The van der Waals surface area contributed by atoms with Gasteiger partial charge in [-0.15, -0.1) is 0 Å². The fourth-order valence-electron chi connectivity index (χ4n) is 9.88. The Morgan fingerprint density at radius 3 is 2.55 bits per heavy atom. The van der Waals surface area contributed by atoms with E-state index in [0.717, 1.165) is 0 Å². The maximum Gasteiger partial charge on any atom is 0.406 e. The van der Waals surface area contributed by atoms with E-state index in [1.165, 1.54) is 51.7 Å². The first-order chi connectivity index (χ1) is 32.6. The lowest BCUT2D eigenvalue weighted by molar-refractivity contribution is -0.835. The molecule has 2 aromatic heterocycles. The number of pyridine rings is 1. The molecule has 69 heavy (non-hydrogen) atoms. The van der Waals surface area contributed by atoms with E-state index in [4.69, 9.17) is 9.57 Å². The van der Waals surface area contributed by atoms with Crippen molar-refractivity contribution in [3.05, 3.63) is 94.9 Å². The third-order valence-electron chi connectivity index (χ3n) is 13.3. The summed E-state index contributed by atoms with van der Waals surface area (Å²) in [6.45, 7) is 11.6. The number of likely N-dealkylation sites (tertiary alicyclic amines) is 1. The lowest BCUT2D eigenvalue weighted by Crippen LogP contribution is -2.62. The van der Waals surface area contributed by atoms with Gasteiger partial charge in [0.2, 0.25) is 22.6 Å². The molecule has 2 aromatic carbocycles. The molecule has 3 aliphatic rings. The lowest BCUT2D eigenvalue weighted by atomic mass is 9.84. The average Bonchev–Trinajstić information content (AvgIpc) is 3.91. The molecule has 4 aromatic rings. The summed E-state index contributed by atoms with van der Waals surface area (Å²) in [6, 6.07) is 10.1. The van der Waals surface area contributed by atoms with Crippen LogP contribution in [0.2, 0.25) is 0 Å². The van der Waals surface area contributed by atoms with Crippen LogP contribution in [0.15, 0.2) is 67.4 Å². The molecule has 2 fully saturated rings. The summed E-state index contributed by atoms with van der Waals surface area (Å²) < 4.78 is 66.9. The van der Waals surface area contributed by atoms with E-state index in [-0.39, 0.29) is 62.0 Å². The van der Waals surface area contributed by atoms with Gasteiger partial charge in [-0.1, -0.05) is 46.4 Å². The number of fused-ring (bicyclic) bond motifs is 6. The second-order valence-electron chi connectivity index (χ2n) is 19.5. The summed E-state index contributed by atoms with van der Waals surface area (Å²) in [4.78, 5) is 82.8. The van der Waals surface area contributed by atoms with Crippen molar-refractivity contribution in [2.45, 2.75) is 104 Å². The highest BCUT2D eigenvalue weighted by Gasteiger charge is 2.42. The zero-order chi connectivity index (χ0) is 50.1. The highest BCUT2D eigenvalue weighted by atomic mass is 19.4. The number of aromatic nitrogens is 2. The lowest BCUT2D eigenvalue weighted by Gasteiger charge is -2.35. The number of hydrogen-bond acceptors (Lipinski definition) is 9. The summed E-state index contributed by atoms with van der Waals surface area (Å²) in [5.74, 6) is -3.58. The van der Waals surface area contributed by atoms with Gasteiger partial charge in [0.25, 0.3) is 5.91 Å². The SMILES string of the molecule is C=CC(=O)N1CC[C@H](C(=O)N(C)[C@H](C(=O)N[C@H]2Cc3cc(F)cc(c3)-c3ccc4c(c3)c(c(-c3cccnc3[C@H](C)OC)n4CC(F)(F)F)CC(C)(C)CO[N+](=O)[C@@H]3CCCN(N3)C2=O)C(C)C)C1. The third-order valence-corrected chi connectivity index (χ3v) is 13.3. The number of halogens is 4. The molecule has 370 valence electrons. The van der Waals surface area contributed by atoms with Crippen LogP contribution in [0.4, 0.5) is 17.6 Å². The number of benzene rings is 2. The highest BCUT2D eigenvalue weighted by molar-refractivity contribution is 5.96. The summed E-state index contributed by atoms with van der Waals surface area (Å²) in [7, 11) is 2.99. The van der Waals surface area contributed by atoms with Crippen molar-refractivity contribution in [1.29, 1.82) is 0 Å². The first kappa shape index (κ1) is 50.7. The van der Waals surface area contributed by atoms with Crippen molar-refractivity contribution in [3.63, 3.8) is 0 Å². The minimum Gasteiger partial charge on any atom is -0.375 e. The normalized spacial score (nSPS) is 20.8. The van der Waals surface area contributed by atoms with Crippen molar-refractivity contribution >= 4 is 34.5 Å². The number of ether oxygens (including phenoxy) is 1. The monoisotopic (exact) mass is 961 g/mol. The highest BCUT2D eigenvalue weighted by Crippen LogP contribution is 2.43. The van der Waals surface area contributed by atoms with Crippen molar-refractivity contribution in [2.24, 2.45) is 17.3 Å². The number of amides is 4. The van der Waals surface area contributed by atoms with Gasteiger partial charge in [0, 0.05) is 74.7 Å². The molecule has 2 saturated heterocycles. The molecule has 4 amide bonds. The average molecular weight is 962 g/mol. The predicted molar refractivity (Wildman–Crippen MR) is 249 cm³/mol. The maximum atomic E-state index is 16.0. The van der Waals surface area contributed by atoms with Gasteiger partial charge in [-0.2, -0.15) is 18.6 Å². The number of alkyl halides is 3. The molecule has 2 N–H and O–H groups in total. The number of likely N-dealkylation sites (N-methyl/N-ethyl adjacent to an activating group) is 1. The smallest absolute Gasteiger partial charge is 0.375 e. The van der Waals surface area contributed by atoms with Crippen LogP contribution < -0.4 is 10.7 Å². The van der Waals surface area contributed by atoms with E-state index in [1.807, 2.05) is 13.8 Å². The van der Waals surface area contributed by atoms with Crippen molar-refractivity contribution in [3.8, 4) is 22.4 Å². The summed E-state index contributed by atoms with van der Waals surface area (Å²) in [6.07, 6.45) is -2.63. The quantitative estimate of drug-likeness (QED) is 0.125. The predicted octanol–water partition coefficient (Wildman–Crippen LogP) is 7.07. The number of methoxy groups -OCH3 is 1. The number of carbonyl (C=O) groups excluding carboxylic acids is 4. The number of hydrogen-bond donors (Lipinski definition) is 2. The van der Waals surface area contributed by atoms with Crippen molar-refractivity contribution in [2.75, 3.05) is 40.4 Å². The number of rotatable bonds is 10. The minimum atomic E-state index is -4.65. The molecule has 19 heteroatoms. The molecule has 5 heterocycles. The number of carbonyl (C=O) groups is 4. The van der Waals surface area contributed by atoms with E-state index in [2.05, 4.69) is 22.3 Å². The van der Waals surface area contributed by atoms with Gasteiger partial charge in [0.15, 0.2) is 6.61 Å². The second-order valence-corrected chi connectivity index (χ2v) is 19.5. The van der Waals surface area contributed by atoms with Crippen LogP contribution in [-0.2, 0) is 48.1 Å². The van der Waals surface area contributed by atoms with Gasteiger partial charge in [-0.25, -0.2) is 9.23 Å². The molecule has 3 aliphatic heterocycles. The van der Waals surface area contributed by atoms with Crippen LogP contribution >= 0.6 is 0 Å². The van der Waals surface area contributed by atoms with Gasteiger partial charge >= 0.3 is 12.3 Å². The first-order valence-corrected chi connectivity index (χ1v) is 23.2. The van der Waals surface area contributed by atoms with Crippen LogP contribution in [0.5, 0.6) is 0 Å². The Balaban J connectivity index is 1.34. The van der Waals surface area contributed by atoms with Gasteiger partial charge in [0.05, 0.1) is 28.3 Å². The number of nitrogens with zero attached hydrogens (tertiary/aromatic N) is 6. The van der Waals surface area contributed by atoms with Crippen LogP contribution in [0, 0.1) is 28.0 Å². The zero-order valence-corrected chi connectivity index (χ0v) is 40.1. The summed E-state index contributed by atoms with van der Waals surface area (Å²) >= 11 is 0. The molecule has 6 bridgehead atoms. The van der Waals surface area contributed by atoms with Crippen molar-refractivity contribution < 1.29 is 51.2 Å².